The van der Waals surface area contributed by atoms with Gasteiger partial charge in [0, 0.05) is 23.1 Å². The first-order valence-corrected chi connectivity index (χ1v) is 14.3. The molecule has 13 heteroatoms. The molecule has 13 nitrogen and oxygen atoms in total. The molecule has 4 atom stereocenters. The monoisotopic (exact) mass is 613 g/mol. The number of nitrogens with one attached hydrogen (secondary N) is 1. The van der Waals surface area contributed by atoms with Gasteiger partial charge in [0.05, 0.1) is 46.1 Å². The summed E-state index contributed by atoms with van der Waals surface area (Å²) in [4.78, 5) is 27.0. The molecule has 1 aliphatic carbocycles. The van der Waals surface area contributed by atoms with E-state index in [9.17, 15) is 9.59 Å². The lowest BCUT2D eigenvalue weighted by Gasteiger charge is -2.39. The Labute approximate surface area is 258 Å². The van der Waals surface area contributed by atoms with E-state index < -0.39 is 17.9 Å². The maximum absolute atomic E-state index is 13.5. The maximum Gasteiger partial charge on any atom is 0.310 e. The standard InChI is InChI=1S/C32H31N5O8/c1-40-25-8-17(9-26(41-2)31(25)42-3)28-19-10-23-24(45-15-44-23)11-20(19)30(21-14-43-32(39)29(21)28)34-27(38)13-37-12-22(35-36-37)16-5-4-6-18(33)7-16/h4-12,21,28-30H,13-15,33H2,1-3H3,(H,34,38)/t21-,28+,29-,30+/m0/s1. The zero-order valence-electron chi connectivity index (χ0n) is 24.8. The largest absolute Gasteiger partial charge is 0.493 e. The van der Waals surface area contributed by atoms with E-state index in [2.05, 4.69) is 15.6 Å². The molecule has 4 aromatic rings. The number of methoxy groups -OCH3 is 3. The summed E-state index contributed by atoms with van der Waals surface area (Å²) >= 11 is 0. The number of rotatable bonds is 8. The number of nitrogens with zero attached hydrogens (tertiary/aromatic N) is 3. The number of ether oxygens (including phenoxy) is 6. The number of esters is 1. The first-order chi connectivity index (χ1) is 21.9. The van der Waals surface area contributed by atoms with Gasteiger partial charge in [0.1, 0.15) is 12.2 Å². The number of aromatic nitrogens is 3. The van der Waals surface area contributed by atoms with Gasteiger partial charge in [-0.15, -0.1) is 5.10 Å². The third-order valence-electron chi connectivity index (χ3n) is 8.58. The van der Waals surface area contributed by atoms with Gasteiger partial charge in [-0.3, -0.25) is 9.59 Å². The minimum atomic E-state index is -0.618. The zero-order chi connectivity index (χ0) is 31.2. The molecule has 7 rings (SSSR count). The molecule has 0 saturated carbocycles. The van der Waals surface area contributed by atoms with Gasteiger partial charge in [0.15, 0.2) is 23.0 Å². The second-order valence-corrected chi connectivity index (χ2v) is 11.1. The summed E-state index contributed by atoms with van der Waals surface area (Å²) in [6.07, 6.45) is 1.69. The number of hydrogen-bond donors (Lipinski definition) is 2. The number of nitrogens with two attached hydrogens (primary N) is 1. The predicted octanol–water partition coefficient (Wildman–Crippen LogP) is 3.07. The maximum atomic E-state index is 13.5. The molecule has 1 fully saturated rings. The number of carbonyl (C=O) groups excluding carboxylic acids is 2. The smallest absolute Gasteiger partial charge is 0.310 e. The second kappa shape index (κ2) is 11.2. The van der Waals surface area contributed by atoms with Crippen LogP contribution in [-0.4, -0.2) is 61.6 Å². The number of carbonyl (C=O) groups is 2. The van der Waals surface area contributed by atoms with E-state index in [1.807, 2.05) is 36.4 Å². The normalized spacial score (nSPS) is 21.0. The molecule has 1 aromatic heterocycles. The molecule has 232 valence electrons. The molecule has 3 N–H and O–H groups in total. The van der Waals surface area contributed by atoms with Crippen LogP contribution in [0.1, 0.15) is 28.7 Å². The van der Waals surface area contributed by atoms with Crippen molar-refractivity contribution in [2.24, 2.45) is 11.8 Å². The van der Waals surface area contributed by atoms with E-state index in [0.717, 1.165) is 22.3 Å². The highest BCUT2D eigenvalue weighted by molar-refractivity contribution is 5.81. The molecule has 3 heterocycles. The Balaban J connectivity index is 1.26. The fraction of sp³-hybridized carbons (Fsp3) is 0.312. The summed E-state index contributed by atoms with van der Waals surface area (Å²) in [5.41, 5.74) is 10.3. The number of hydrogen-bond acceptors (Lipinski definition) is 11. The summed E-state index contributed by atoms with van der Waals surface area (Å²) in [5, 5.41) is 11.5. The van der Waals surface area contributed by atoms with E-state index in [1.165, 1.54) is 11.8 Å². The van der Waals surface area contributed by atoms with Gasteiger partial charge in [0.25, 0.3) is 0 Å². The lowest BCUT2D eigenvalue weighted by Crippen LogP contribution is -2.43. The summed E-state index contributed by atoms with van der Waals surface area (Å²) in [7, 11) is 4.62. The van der Waals surface area contributed by atoms with Crippen molar-refractivity contribution in [3.63, 3.8) is 0 Å². The highest BCUT2D eigenvalue weighted by Crippen LogP contribution is 2.55. The Morgan fingerprint density at radius 1 is 1.00 bits per heavy atom. The molecule has 1 saturated heterocycles. The molecule has 3 aromatic carbocycles. The highest BCUT2D eigenvalue weighted by Gasteiger charge is 2.53. The quantitative estimate of drug-likeness (QED) is 0.222. The van der Waals surface area contributed by atoms with Crippen LogP contribution in [0.15, 0.2) is 54.7 Å². The molecule has 0 bridgehead atoms. The van der Waals surface area contributed by atoms with E-state index in [1.54, 1.807) is 32.5 Å². The Morgan fingerprint density at radius 2 is 1.73 bits per heavy atom. The van der Waals surface area contributed by atoms with Crippen LogP contribution in [0.4, 0.5) is 5.69 Å². The van der Waals surface area contributed by atoms with Gasteiger partial charge >= 0.3 is 5.97 Å². The van der Waals surface area contributed by atoms with Gasteiger partial charge in [0.2, 0.25) is 18.4 Å². The molecular formula is C32H31N5O8. The Hall–Kier alpha value is -5.46. The molecule has 3 aliphatic rings. The molecule has 0 radical (unpaired) electrons. The van der Waals surface area contributed by atoms with Crippen LogP contribution >= 0.6 is 0 Å². The summed E-state index contributed by atoms with van der Waals surface area (Å²) < 4.78 is 35.4. The lowest BCUT2D eigenvalue weighted by molar-refractivity contribution is -0.141. The van der Waals surface area contributed by atoms with Crippen molar-refractivity contribution in [1.82, 2.24) is 20.3 Å². The van der Waals surface area contributed by atoms with Crippen LogP contribution in [0.25, 0.3) is 11.3 Å². The van der Waals surface area contributed by atoms with Crippen LogP contribution < -0.4 is 34.7 Å². The molecule has 45 heavy (non-hydrogen) atoms. The van der Waals surface area contributed by atoms with Crippen molar-refractivity contribution in [3.05, 3.63) is 71.4 Å². The third kappa shape index (κ3) is 4.89. The van der Waals surface area contributed by atoms with Crippen LogP contribution in [0.5, 0.6) is 28.7 Å². The Morgan fingerprint density at radius 3 is 2.42 bits per heavy atom. The Kier molecular flexibility index (Phi) is 7.07. The van der Waals surface area contributed by atoms with Crippen LogP contribution in [0, 0.1) is 11.8 Å². The first-order valence-electron chi connectivity index (χ1n) is 14.3. The van der Waals surface area contributed by atoms with Gasteiger partial charge < -0.3 is 39.5 Å². The summed E-state index contributed by atoms with van der Waals surface area (Å²) in [5.74, 6) is 0.337. The number of cyclic esters (lactones) is 1. The zero-order valence-corrected chi connectivity index (χ0v) is 24.8. The van der Waals surface area contributed by atoms with Crippen molar-refractivity contribution >= 4 is 17.6 Å². The molecule has 1 amide bonds. The molecule has 0 unspecified atom stereocenters. The van der Waals surface area contributed by atoms with Crippen molar-refractivity contribution in [1.29, 1.82) is 0 Å². The van der Waals surface area contributed by atoms with Crippen LogP contribution in [-0.2, 0) is 20.9 Å². The van der Waals surface area contributed by atoms with E-state index in [-0.39, 0.29) is 37.7 Å². The van der Waals surface area contributed by atoms with Crippen molar-refractivity contribution < 1.29 is 38.0 Å². The number of nitrogen functional groups attached to an aromatic ring is 1. The lowest BCUT2D eigenvalue weighted by atomic mass is 9.65. The first kappa shape index (κ1) is 28.3. The van der Waals surface area contributed by atoms with E-state index in [4.69, 9.17) is 34.2 Å². The summed E-state index contributed by atoms with van der Waals surface area (Å²) in [6, 6.07) is 14.1. The van der Waals surface area contributed by atoms with Gasteiger partial charge in [-0.1, -0.05) is 17.3 Å². The van der Waals surface area contributed by atoms with Gasteiger partial charge in [-0.2, -0.15) is 0 Å². The summed E-state index contributed by atoms with van der Waals surface area (Å²) in [6.45, 7) is 0.112. The van der Waals surface area contributed by atoms with Gasteiger partial charge in [-0.05, 0) is 53.1 Å². The average Bonchev–Trinajstić information content (AvgIpc) is 3.80. The van der Waals surface area contributed by atoms with Crippen molar-refractivity contribution in [2.45, 2.75) is 18.5 Å². The fourth-order valence-electron chi connectivity index (χ4n) is 6.60. The van der Waals surface area contributed by atoms with Crippen LogP contribution in [0.2, 0.25) is 0 Å². The SMILES string of the molecule is COc1cc([C@@H]2c3cc4c(cc3[C@@H](NC(=O)Cn3cc(-c5cccc(N)c5)nn3)[C@H]3COC(=O)[C@H]23)OCO4)cc(OC)c1OC. The minimum Gasteiger partial charge on any atom is -0.493 e. The number of benzene rings is 3. The van der Waals surface area contributed by atoms with Crippen LogP contribution in [0.3, 0.4) is 0 Å². The average molecular weight is 614 g/mol. The fourth-order valence-corrected chi connectivity index (χ4v) is 6.60. The number of fused-ring (bicyclic) bond motifs is 3. The second-order valence-electron chi connectivity index (χ2n) is 11.1. The highest BCUT2D eigenvalue weighted by atomic mass is 16.7. The molecular weight excluding hydrogens is 582 g/mol. The molecule has 0 spiro atoms. The van der Waals surface area contributed by atoms with E-state index >= 15 is 0 Å². The predicted molar refractivity (Wildman–Crippen MR) is 159 cm³/mol. The van der Waals surface area contributed by atoms with Crippen molar-refractivity contribution in [2.75, 3.05) is 40.5 Å². The van der Waals surface area contributed by atoms with Crippen molar-refractivity contribution in [3.8, 4) is 40.0 Å². The molecule has 2 aliphatic heterocycles. The Bertz CT molecular complexity index is 1780. The topological polar surface area (TPSA) is 158 Å². The van der Waals surface area contributed by atoms with E-state index in [0.29, 0.717) is 40.1 Å². The number of anilines is 1. The van der Waals surface area contributed by atoms with Gasteiger partial charge in [-0.25, -0.2) is 4.68 Å². The number of amides is 1. The minimum absolute atomic E-state index is 0.0701. The third-order valence-corrected chi connectivity index (χ3v) is 8.58.